The zero-order chi connectivity index (χ0) is 12.8. The Kier molecular flexibility index (Phi) is 4.69. The molecule has 0 unspecified atom stereocenters. The lowest BCUT2D eigenvalue weighted by Gasteiger charge is -2.11. The molecule has 18 heavy (non-hydrogen) atoms. The van der Waals surface area contributed by atoms with Crippen molar-refractivity contribution in [2.75, 3.05) is 5.73 Å². The van der Waals surface area contributed by atoms with Crippen LogP contribution in [0.15, 0.2) is 10.5 Å². The molecule has 1 aromatic rings. The van der Waals surface area contributed by atoms with Crippen molar-refractivity contribution in [2.24, 2.45) is 5.16 Å². The summed E-state index contributed by atoms with van der Waals surface area (Å²) in [7, 11) is 0. The molecule has 1 fully saturated rings. The maximum absolute atomic E-state index is 11.0. The molecule has 2 N–H and O–H groups in total. The van der Waals surface area contributed by atoms with Gasteiger partial charge in [-0.25, -0.2) is 4.98 Å². The lowest BCUT2D eigenvalue weighted by molar-refractivity contribution is -0.102. The predicted octanol–water partition coefficient (Wildman–Crippen LogP) is 2.37. The quantitative estimate of drug-likeness (QED) is 0.393. The number of nitrogens with two attached hydrogens (primary N) is 1. The summed E-state index contributed by atoms with van der Waals surface area (Å²) in [4.78, 5) is 20.4. The van der Waals surface area contributed by atoms with E-state index in [1.165, 1.54) is 37.0 Å². The highest BCUT2D eigenvalue weighted by atomic mass is 32.1. The van der Waals surface area contributed by atoms with E-state index in [1.807, 2.05) is 0 Å². The Hall–Kier alpha value is -1.43. The number of thiazole rings is 1. The monoisotopic (exact) mass is 267 g/mol. The van der Waals surface area contributed by atoms with E-state index >= 15 is 0 Å². The van der Waals surface area contributed by atoms with Crippen molar-refractivity contribution in [1.29, 1.82) is 0 Å². The van der Waals surface area contributed by atoms with Gasteiger partial charge < -0.3 is 10.6 Å². The zero-order valence-corrected chi connectivity index (χ0v) is 11.0. The number of hydrogen-bond donors (Lipinski definition) is 1. The average Bonchev–Trinajstić information content (AvgIpc) is 2.65. The summed E-state index contributed by atoms with van der Waals surface area (Å²) in [5.74, 6) is 0. The van der Waals surface area contributed by atoms with Gasteiger partial charge >= 0.3 is 0 Å². The molecule has 0 amide bonds. The van der Waals surface area contributed by atoms with Crippen LogP contribution in [0.1, 0.15) is 44.2 Å². The van der Waals surface area contributed by atoms with Gasteiger partial charge in [0.15, 0.2) is 17.1 Å². The lowest BCUT2D eigenvalue weighted by Crippen LogP contribution is -2.11. The van der Waals surface area contributed by atoms with Crippen LogP contribution in [0.25, 0.3) is 0 Å². The minimum Gasteiger partial charge on any atom is -0.392 e. The van der Waals surface area contributed by atoms with Crippen molar-refractivity contribution < 1.29 is 9.63 Å². The number of oxime groups is 1. The molecule has 6 heteroatoms. The minimum absolute atomic E-state index is 0.124. The molecule has 1 aliphatic carbocycles. The Bertz CT molecular complexity index is 423. The predicted molar refractivity (Wildman–Crippen MR) is 71.7 cm³/mol. The molecular weight excluding hydrogens is 250 g/mol. The van der Waals surface area contributed by atoms with Crippen molar-refractivity contribution in [1.82, 2.24) is 4.98 Å². The molecule has 0 radical (unpaired) electrons. The second-order valence-electron chi connectivity index (χ2n) is 4.38. The molecule has 1 heterocycles. The molecule has 1 aromatic heterocycles. The fourth-order valence-corrected chi connectivity index (χ4v) is 2.57. The van der Waals surface area contributed by atoms with E-state index in [0.29, 0.717) is 17.1 Å². The van der Waals surface area contributed by atoms with Gasteiger partial charge in [-0.15, -0.1) is 11.3 Å². The van der Waals surface area contributed by atoms with E-state index in [1.54, 1.807) is 5.38 Å². The molecule has 98 valence electrons. The Balaban J connectivity index is 1.99. The fourth-order valence-electron chi connectivity index (χ4n) is 2.01. The molecule has 2 rings (SSSR count). The van der Waals surface area contributed by atoms with Gasteiger partial charge in [-0.3, -0.25) is 4.79 Å². The maximum Gasteiger partial charge on any atom is 0.180 e. The highest BCUT2D eigenvalue weighted by Crippen LogP contribution is 2.20. The van der Waals surface area contributed by atoms with E-state index in [0.717, 1.165) is 12.8 Å². The van der Waals surface area contributed by atoms with Crippen LogP contribution in [0.4, 0.5) is 5.13 Å². The first-order valence-corrected chi connectivity index (χ1v) is 7.08. The number of aldehydes is 1. The van der Waals surface area contributed by atoms with E-state index in [-0.39, 0.29) is 11.8 Å². The van der Waals surface area contributed by atoms with Crippen LogP contribution in [0, 0.1) is 0 Å². The summed E-state index contributed by atoms with van der Waals surface area (Å²) in [5.41, 5.74) is 6.23. The molecular formula is C12H17N3O2S. The third-order valence-corrected chi connectivity index (χ3v) is 3.67. The first-order valence-electron chi connectivity index (χ1n) is 6.20. The summed E-state index contributed by atoms with van der Waals surface area (Å²) in [5, 5.41) is 6.06. The van der Waals surface area contributed by atoms with E-state index < -0.39 is 0 Å². The summed E-state index contributed by atoms with van der Waals surface area (Å²) in [6.07, 6.45) is 7.65. The molecule has 0 aromatic carbocycles. The van der Waals surface area contributed by atoms with Crippen LogP contribution < -0.4 is 5.73 Å². The van der Waals surface area contributed by atoms with Gasteiger partial charge in [-0.05, 0) is 25.7 Å². The second-order valence-corrected chi connectivity index (χ2v) is 5.27. The third-order valence-electron chi connectivity index (χ3n) is 3.00. The Morgan fingerprint density at radius 3 is 2.72 bits per heavy atom. The molecule has 1 saturated carbocycles. The summed E-state index contributed by atoms with van der Waals surface area (Å²) < 4.78 is 0. The van der Waals surface area contributed by atoms with Gasteiger partial charge in [0.05, 0.1) is 0 Å². The van der Waals surface area contributed by atoms with Crippen molar-refractivity contribution >= 4 is 28.5 Å². The molecule has 0 saturated heterocycles. The molecule has 0 spiro atoms. The van der Waals surface area contributed by atoms with Gasteiger partial charge in [0.2, 0.25) is 0 Å². The number of nitrogens with zero attached hydrogens (tertiary/aromatic N) is 2. The third kappa shape index (κ3) is 3.53. The standard InChI is InChI=1S/C12H17N3O2S/c13-12-14-11(8-18-12)10(7-16)15-17-9-5-3-1-2-4-6-9/h7-9H,1-6H2,(H2,13,14). The molecule has 0 atom stereocenters. The zero-order valence-electron chi connectivity index (χ0n) is 10.2. The molecule has 5 nitrogen and oxygen atoms in total. The number of carbonyl (C=O) groups is 1. The maximum atomic E-state index is 11.0. The van der Waals surface area contributed by atoms with Crippen molar-refractivity contribution in [2.45, 2.75) is 44.6 Å². The first kappa shape index (κ1) is 13.0. The fraction of sp³-hybridized carbons (Fsp3) is 0.583. The van der Waals surface area contributed by atoms with Gasteiger partial charge in [-0.2, -0.15) is 0 Å². The van der Waals surface area contributed by atoms with E-state index in [9.17, 15) is 4.79 Å². The van der Waals surface area contributed by atoms with E-state index in [4.69, 9.17) is 10.6 Å². The number of nitrogen functional groups attached to an aromatic ring is 1. The summed E-state index contributed by atoms with van der Waals surface area (Å²) in [6, 6.07) is 0. The SMILES string of the molecule is Nc1nc(C(C=O)=NOC2CCCCCC2)cs1. The number of carbonyl (C=O) groups excluding carboxylic acids is 1. The van der Waals surface area contributed by atoms with Gasteiger partial charge in [-0.1, -0.05) is 18.0 Å². The normalized spacial score (nSPS) is 18.3. The number of anilines is 1. The Morgan fingerprint density at radius 2 is 2.17 bits per heavy atom. The van der Waals surface area contributed by atoms with Crippen molar-refractivity contribution in [3.8, 4) is 0 Å². The summed E-state index contributed by atoms with van der Waals surface area (Å²) in [6.45, 7) is 0. The van der Waals surface area contributed by atoms with Gasteiger partial charge in [0.25, 0.3) is 0 Å². The topological polar surface area (TPSA) is 77.6 Å². The second kappa shape index (κ2) is 6.49. The van der Waals surface area contributed by atoms with Crippen LogP contribution in [-0.2, 0) is 9.63 Å². The largest absolute Gasteiger partial charge is 0.392 e. The first-order chi connectivity index (χ1) is 8.79. The Morgan fingerprint density at radius 1 is 1.44 bits per heavy atom. The number of rotatable bonds is 4. The van der Waals surface area contributed by atoms with Crippen LogP contribution in [0.5, 0.6) is 0 Å². The Labute approximate surface area is 110 Å². The van der Waals surface area contributed by atoms with E-state index in [2.05, 4.69) is 10.1 Å². The highest BCUT2D eigenvalue weighted by Gasteiger charge is 2.14. The molecule has 1 aliphatic rings. The van der Waals surface area contributed by atoms with Crippen LogP contribution in [0.3, 0.4) is 0 Å². The van der Waals surface area contributed by atoms with Crippen molar-refractivity contribution in [3.63, 3.8) is 0 Å². The lowest BCUT2D eigenvalue weighted by atomic mass is 10.2. The summed E-state index contributed by atoms with van der Waals surface area (Å²) >= 11 is 1.28. The minimum atomic E-state index is 0.124. The number of hydrogen-bond acceptors (Lipinski definition) is 6. The number of aromatic nitrogens is 1. The highest BCUT2D eigenvalue weighted by molar-refractivity contribution is 7.13. The molecule has 0 bridgehead atoms. The smallest absolute Gasteiger partial charge is 0.180 e. The van der Waals surface area contributed by atoms with Crippen LogP contribution >= 0.6 is 11.3 Å². The van der Waals surface area contributed by atoms with Crippen LogP contribution in [-0.4, -0.2) is 23.1 Å². The van der Waals surface area contributed by atoms with Crippen LogP contribution in [0.2, 0.25) is 0 Å². The van der Waals surface area contributed by atoms with Crippen molar-refractivity contribution in [3.05, 3.63) is 11.1 Å². The van der Waals surface area contributed by atoms with Gasteiger partial charge in [0.1, 0.15) is 11.8 Å². The molecule has 0 aliphatic heterocycles. The average molecular weight is 267 g/mol. The van der Waals surface area contributed by atoms with Gasteiger partial charge in [0, 0.05) is 5.38 Å².